The van der Waals surface area contributed by atoms with Crippen LogP contribution in [0.3, 0.4) is 0 Å². The van der Waals surface area contributed by atoms with E-state index in [0.717, 1.165) is 0 Å². The smallest absolute Gasteiger partial charge is 0.418 e. The summed E-state index contributed by atoms with van der Waals surface area (Å²) in [5, 5.41) is 0. The van der Waals surface area contributed by atoms with Gasteiger partial charge < -0.3 is 9.47 Å². The third-order valence-corrected chi connectivity index (χ3v) is 3.26. The molecule has 0 aliphatic rings. The monoisotopic (exact) mass is 378 g/mol. The fraction of sp³-hybridized carbons (Fsp3) is 0.750. The van der Waals surface area contributed by atoms with Crippen LogP contribution in [0, 0.1) is 0 Å². The SMILES string of the molecule is CC(C)(OC(=O)C(=O)OCC(Cl)(Cl)Cl)C(Cl)(Cl)Cl. The zero-order valence-electron chi connectivity index (χ0n) is 9.11. The number of hydrogen-bond donors (Lipinski definition) is 0. The normalized spacial score (nSPS) is 13.1. The lowest BCUT2D eigenvalue weighted by Crippen LogP contribution is -2.43. The average molecular weight is 381 g/mol. The molecule has 0 aliphatic carbocycles. The molecule has 0 N–H and O–H groups in total. The van der Waals surface area contributed by atoms with Crippen molar-refractivity contribution in [2.75, 3.05) is 6.61 Å². The van der Waals surface area contributed by atoms with Gasteiger partial charge in [0.05, 0.1) is 0 Å². The molecule has 106 valence electrons. The summed E-state index contributed by atoms with van der Waals surface area (Å²) in [5.74, 6) is -2.72. The highest BCUT2D eigenvalue weighted by Gasteiger charge is 2.45. The second-order valence-corrected chi connectivity index (χ2v) is 8.39. The van der Waals surface area contributed by atoms with Crippen LogP contribution in [0.5, 0.6) is 0 Å². The average Bonchev–Trinajstić information content (AvgIpc) is 2.10. The molecule has 0 aliphatic heterocycles. The Morgan fingerprint density at radius 1 is 0.944 bits per heavy atom. The molecule has 10 heteroatoms. The number of esters is 2. The lowest BCUT2D eigenvalue weighted by atomic mass is 10.2. The molecule has 0 rings (SSSR count). The number of rotatable bonds is 2. The summed E-state index contributed by atoms with van der Waals surface area (Å²) >= 11 is 32.7. The van der Waals surface area contributed by atoms with E-state index in [1.807, 2.05) is 0 Å². The van der Waals surface area contributed by atoms with E-state index in [1.54, 1.807) is 0 Å². The quantitative estimate of drug-likeness (QED) is 0.417. The van der Waals surface area contributed by atoms with Crippen molar-refractivity contribution >= 4 is 81.5 Å². The summed E-state index contributed by atoms with van der Waals surface area (Å²) < 4.78 is 5.33. The summed E-state index contributed by atoms with van der Waals surface area (Å²) in [6.45, 7) is 2.00. The Morgan fingerprint density at radius 3 is 1.72 bits per heavy atom. The lowest BCUT2D eigenvalue weighted by Gasteiger charge is -2.31. The van der Waals surface area contributed by atoms with Crippen molar-refractivity contribution in [2.24, 2.45) is 0 Å². The van der Waals surface area contributed by atoms with Gasteiger partial charge >= 0.3 is 11.9 Å². The van der Waals surface area contributed by atoms with Crippen LogP contribution in [0.1, 0.15) is 13.8 Å². The van der Waals surface area contributed by atoms with E-state index >= 15 is 0 Å². The first kappa shape index (κ1) is 18.7. The minimum Gasteiger partial charge on any atom is -0.453 e. The molecule has 0 saturated heterocycles. The molecule has 0 amide bonds. The first-order valence-electron chi connectivity index (χ1n) is 4.30. The molecule has 0 aromatic carbocycles. The zero-order valence-corrected chi connectivity index (χ0v) is 13.6. The molecule has 0 spiro atoms. The van der Waals surface area contributed by atoms with Gasteiger partial charge in [-0.05, 0) is 13.8 Å². The molecule has 0 bridgehead atoms. The van der Waals surface area contributed by atoms with Gasteiger partial charge in [-0.1, -0.05) is 69.6 Å². The van der Waals surface area contributed by atoms with Crippen LogP contribution in [-0.4, -0.2) is 31.7 Å². The Morgan fingerprint density at radius 2 is 1.39 bits per heavy atom. The number of alkyl halides is 6. The van der Waals surface area contributed by atoms with E-state index in [0.29, 0.717) is 0 Å². The summed E-state index contributed by atoms with van der Waals surface area (Å²) in [6, 6.07) is 0. The van der Waals surface area contributed by atoms with Crippen molar-refractivity contribution in [2.45, 2.75) is 27.0 Å². The van der Waals surface area contributed by atoms with E-state index < -0.39 is 31.7 Å². The maximum Gasteiger partial charge on any atom is 0.418 e. The predicted octanol–water partition coefficient (Wildman–Crippen LogP) is 3.59. The first-order valence-corrected chi connectivity index (χ1v) is 6.56. The minimum absolute atomic E-state index is 0.611. The van der Waals surface area contributed by atoms with Crippen molar-refractivity contribution in [3.05, 3.63) is 0 Å². The topological polar surface area (TPSA) is 52.6 Å². The number of carbonyl (C=O) groups is 2. The summed E-state index contributed by atoms with van der Waals surface area (Å²) in [4.78, 5) is 22.5. The molecule has 18 heavy (non-hydrogen) atoms. The van der Waals surface area contributed by atoms with Gasteiger partial charge in [-0.25, -0.2) is 9.59 Å². The van der Waals surface area contributed by atoms with Gasteiger partial charge in [0.15, 0.2) is 5.60 Å². The Bertz CT molecular complexity index is 329. The summed E-state index contributed by atoms with van der Waals surface area (Å²) in [5.41, 5.74) is -1.53. The zero-order chi connectivity index (χ0) is 14.8. The predicted molar refractivity (Wildman–Crippen MR) is 71.7 cm³/mol. The van der Waals surface area contributed by atoms with E-state index in [4.69, 9.17) is 74.3 Å². The molecule has 0 radical (unpaired) electrons. The molecular formula is C8H8Cl6O4. The van der Waals surface area contributed by atoms with Crippen LogP contribution in [-0.2, 0) is 19.1 Å². The fourth-order valence-electron chi connectivity index (χ4n) is 0.538. The molecule has 0 unspecified atom stereocenters. The van der Waals surface area contributed by atoms with Gasteiger partial charge in [-0.3, -0.25) is 0 Å². The minimum atomic E-state index is -1.92. The molecule has 0 atom stereocenters. The Kier molecular flexibility index (Phi) is 6.66. The van der Waals surface area contributed by atoms with Crippen molar-refractivity contribution in [3.8, 4) is 0 Å². The second kappa shape index (κ2) is 6.42. The number of ether oxygens (including phenoxy) is 2. The van der Waals surface area contributed by atoms with E-state index in [1.165, 1.54) is 13.8 Å². The third kappa shape index (κ3) is 6.73. The van der Waals surface area contributed by atoms with Crippen LogP contribution < -0.4 is 0 Å². The first-order chi connectivity index (χ1) is 7.76. The molecule has 0 saturated carbocycles. The van der Waals surface area contributed by atoms with E-state index in [2.05, 4.69) is 4.74 Å². The molecule has 0 heterocycles. The lowest BCUT2D eigenvalue weighted by molar-refractivity contribution is -0.175. The summed E-state index contributed by atoms with van der Waals surface area (Å²) in [6.07, 6.45) is 0. The maximum absolute atomic E-state index is 11.3. The number of hydrogen-bond acceptors (Lipinski definition) is 4. The van der Waals surface area contributed by atoms with Gasteiger partial charge in [-0.15, -0.1) is 0 Å². The maximum atomic E-state index is 11.3. The van der Waals surface area contributed by atoms with Crippen molar-refractivity contribution in [1.82, 2.24) is 0 Å². The highest BCUT2D eigenvalue weighted by Crippen LogP contribution is 2.40. The highest BCUT2D eigenvalue weighted by molar-refractivity contribution is 6.68. The van der Waals surface area contributed by atoms with Crippen molar-refractivity contribution in [3.63, 3.8) is 0 Å². The Labute approximate surface area is 134 Å². The number of carbonyl (C=O) groups excluding carboxylic acids is 2. The standard InChI is InChI=1S/C8H8Cl6O4/c1-6(2,8(12,13)14)18-5(16)4(15)17-3-7(9,10)11/h3H2,1-2H3. The molecule has 0 fully saturated rings. The van der Waals surface area contributed by atoms with Gasteiger partial charge in [0, 0.05) is 0 Å². The van der Waals surface area contributed by atoms with Gasteiger partial charge in [-0.2, -0.15) is 0 Å². The van der Waals surface area contributed by atoms with Crippen LogP contribution >= 0.6 is 69.6 Å². The Balaban J connectivity index is 4.47. The third-order valence-electron chi connectivity index (χ3n) is 1.56. The Hall–Kier alpha value is 0.680. The van der Waals surface area contributed by atoms with Gasteiger partial charge in [0.1, 0.15) is 6.61 Å². The molecule has 0 aromatic heterocycles. The largest absolute Gasteiger partial charge is 0.453 e. The van der Waals surface area contributed by atoms with Crippen LogP contribution in [0.4, 0.5) is 0 Å². The van der Waals surface area contributed by atoms with Crippen molar-refractivity contribution in [1.29, 1.82) is 0 Å². The number of halogens is 6. The second-order valence-electron chi connectivity index (χ2n) is 3.59. The van der Waals surface area contributed by atoms with Crippen LogP contribution in [0.15, 0.2) is 0 Å². The highest BCUT2D eigenvalue weighted by atomic mass is 35.6. The van der Waals surface area contributed by atoms with Crippen molar-refractivity contribution < 1.29 is 19.1 Å². The van der Waals surface area contributed by atoms with Gasteiger partial charge in [0.25, 0.3) is 0 Å². The molecule has 4 nitrogen and oxygen atoms in total. The van der Waals surface area contributed by atoms with Crippen LogP contribution in [0.2, 0.25) is 0 Å². The van der Waals surface area contributed by atoms with E-state index in [-0.39, 0.29) is 0 Å². The van der Waals surface area contributed by atoms with E-state index in [9.17, 15) is 9.59 Å². The molecular weight excluding hydrogens is 373 g/mol. The fourth-order valence-corrected chi connectivity index (χ4v) is 0.817. The summed E-state index contributed by atoms with van der Waals surface area (Å²) in [7, 11) is 0. The molecule has 0 aromatic rings. The van der Waals surface area contributed by atoms with Crippen LogP contribution in [0.25, 0.3) is 0 Å². The van der Waals surface area contributed by atoms with Gasteiger partial charge in [0.2, 0.25) is 7.59 Å².